The molecule has 0 aliphatic carbocycles. The number of methoxy groups -OCH3 is 2. The lowest BCUT2D eigenvalue weighted by molar-refractivity contribution is -0.112. The molecule has 0 fully saturated rings. The molecule has 0 saturated carbocycles. The van der Waals surface area contributed by atoms with E-state index in [9.17, 15) is 18.5 Å². The second kappa shape index (κ2) is 11.0. The number of nitrogens with zero attached hydrogens (tertiary/aromatic N) is 1. The van der Waals surface area contributed by atoms with Crippen LogP contribution in [0.1, 0.15) is 5.56 Å². The summed E-state index contributed by atoms with van der Waals surface area (Å²) in [6.07, 6.45) is 1.37. The molecule has 3 rings (SSSR count). The zero-order chi connectivity index (χ0) is 24.7. The SMILES string of the molecule is COc1ccc(S(=O)(=O)Oc2ccc(/C=C(\C#N)C(=O)Nc3ccc(I)cc3)cc2OC)cc1. The van der Waals surface area contributed by atoms with Crippen molar-refractivity contribution in [3.05, 3.63) is 81.4 Å². The fourth-order valence-corrected chi connectivity index (χ4v) is 4.10. The number of nitrogens with one attached hydrogen (secondary N) is 1. The van der Waals surface area contributed by atoms with Crippen molar-refractivity contribution in [1.29, 1.82) is 5.26 Å². The van der Waals surface area contributed by atoms with Gasteiger partial charge in [-0.15, -0.1) is 0 Å². The molecule has 0 aliphatic rings. The lowest BCUT2D eigenvalue weighted by atomic mass is 10.1. The summed E-state index contributed by atoms with van der Waals surface area (Å²) in [7, 11) is -1.30. The summed E-state index contributed by atoms with van der Waals surface area (Å²) in [5, 5.41) is 12.1. The Morgan fingerprint density at radius 3 is 2.24 bits per heavy atom. The van der Waals surface area contributed by atoms with Crippen LogP contribution in [0.2, 0.25) is 0 Å². The first-order valence-electron chi connectivity index (χ1n) is 9.71. The minimum absolute atomic E-state index is 0.0442. The molecule has 0 aliphatic heterocycles. The molecule has 174 valence electrons. The van der Waals surface area contributed by atoms with E-state index in [0.717, 1.165) is 3.57 Å². The average Bonchev–Trinajstić information content (AvgIpc) is 2.84. The number of ether oxygens (including phenoxy) is 2. The van der Waals surface area contributed by atoms with Crippen LogP contribution >= 0.6 is 22.6 Å². The molecule has 0 spiro atoms. The van der Waals surface area contributed by atoms with Gasteiger partial charge in [-0.2, -0.15) is 13.7 Å². The zero-order valence-corrected chi connectivity index (χ0v) is 21.1. The third kappa shape index (κ3) is 6.27. The number of carbonyl (C=O) groups is 1. The Balaban J connectivity index is 1.82. The summed E-state index contributed by atoms with van der Waals surface area (Å²) in [5.74, 6) is -0.00408. The van der Waals surface area contributed by atoms with E-state index in [4.69, 9.17) is 13.7 Å². The molecule has 0 radical (unpaired) electrons. The normalized spacial score (nSPS) is 11.3. The fourth-order valence-electron chi connectivity index (χ4n) is 2.80. The van der Waals surface area contributed by atoms with Crippen LogP contribution in [0.4, 0.5) is 5.69 Å². The number of hydrogen-bond donors (Lipinski definition) is 1. The van der Waals surface area contributed by atoms with E-state index < -0.39 is 16.0 Å². The van der Waals surface area contributed by atoms with Crippen LogP contribution < -0.4 is 19.0 Å². The Kier molecular flexibility index (Phi) is 8.14. The second-order valence-corrected chi connectivity index (χ2v) is 9.55. The lowest BCUT2D eigenvalue weighted by Gasteiger charge is -2.12. The van der Waals surface area contributed by atoms with Gasteiger partial charge in [0.25, 0.3) is 5.91 Å². The summed E-state index contributed by atoms with van der Waals surface area (Å²) in [6.45, 7) is 0. The maximum Gasteiger partial charge on any atom is 0.339 e. The van der Waals surface area contributed by atoms with Gasteiger partial charge in [-0.1, -0.05) is 6.07 Å². The number of nitriles is 1. The predicted molar refractivity (Wildman–Crippen MR) is 135 cm³/mol. The van der Waals surface area contributed by atoms with Crippen LogP contribution in [-0.4, -0.2) is 28.5 Å². The first-order valence-corrected chi connectivity index (χ1v) is 12.2. The molecule has 0 heterocycles. The van der Waals surface area contributed by atoms with E-state index in [-0.39, 0.29) is 22.0 Å². The molecular weight excluding hydrogens is 571 g/mol. The maximum absolute atomic E-state index is 12.6. The van der Waals surface area contributed by atoms with Crippen molar-refractivity contribution in [3.8, 4) is 23.3 Å². The van der Waals surface area contributed by atoms with Gasteiger partial charge >= 0.3 is 10.1 Å². The Labute approximate surface area is 211 Å². The standard InChI is InChI=1S/C24H19IN2O6S/c1-31-20-8-10-21(11-9-20)34(29,30)33-22-12-3-16(14-23(22)32-2)13-17(15-26)24(28)27-19-6-4-18(25)5-7-19/h3-14H,1-2H3,(H,27,28)/b17-13+. The van der Waals surface area contributed by atoms with E-state index in [1.807, 2.05) is 18.2 Å². The number of carbonyl (C=O) groups excluding carboxylic acids is 1. The van der Waals surface area contributed by atoms with Gasteiger partial charge in [-0.3, -0.25) is 4.79 Å². The zero-order valence-electron chi connectivity index (χ0n) is 18.1. The third-order valence-corrected chi connectivity index (χ3v) is 6.48. The van der Waals surface area contributed by atoms with E-state index in [0.29, 0.717) is 17.0 Å². The molecular formula is C24H19IN2O6S. The highest BCUT2D eigenvalue weighted by Gasteiger charge is 2.20. The van der Waals surface area contributed by atoms with Crippen molar-refractivity contribution in [3.63, 3.8) is 0 Å². The summed E-state index contributed by atoms with van der Waals surface area (Å²) in [4.78, 5) is 12.4. The van der Waals surface area contributed by atoms with Crippen LogP contribution in [-0.2, 0) is 14.9 Å². The number of anilines is 1. The van der Waals surface area contributed by atoms with E-state index in [1.54, 1.807) is 12.1 Å². The predicted octanol–water partition coefficient (Wildman–Crippen LogP) is 4.62. The van der Waals surface area contributed by atoms with Gasteiger partial charge in [0.05, 0.1) is 14.2 Å². The summed E-state index contributed by atoms with van der Waals surface area (Å²) in [5.41, 5.74) is 0.858. The van der Waals surface area contributed by atoms with Crippen molar-refractivity contribution < 1.29 is 26.9 Å². The average molecular weight is 590 g/mol. The molecule has 0 saturated heterocycles. The van der Waals surface area contributed by atoms with Crippen LogP contribution in [0, 0.1) is 14.9 Å². The van der Waals surface area contributed by atoms with Crippen molar-refractivity contribution in [1.82, 2.24) is 0 Å². The van der Waals surface area contributed by atoms with Crippen molar-refractivity contribution in [2.75, 3.05) is 19.5 Å². The smallest absolute Gasteiger partial charge is 0.339 e. The highest BCUT2D eigenvalue weighted by atomic mass is 127. The Hall–Kier alpha value is -3.56. The molecule has 0 bridgehead atoms. The summed E-state index contributed by atoms with van der Waals surface area (Å²) < 4.78 is 41.8. The molecule has 1 amide bonds. The van der Waals surface area contributed by atoms with Crippen molar-refractivity contribution in [2.24, 2.45) is 0 Å². The van der Waals surface area contributed by atoms with Crippen LogP contribution in [0.15, 0.2) is 77.2 Å². The van der Waals surface area contributed by atoms with E-state index in [2.05, 4.69) is 27.9 Å². The molecule has 3 aromatic carbocycles. The number of benzene rings is 3. The molecule has 3 aromatic rings. The topological polar surface area (TPSA) is 115 Å². The van der Waals surface area contributed by atoms with Crippen molar-refractivity contribution >= 4 is 50.4 Å². The Bertz CT molecular complexity index is 1360. The van der Waals surface area contributed by atoms with Crippen molar-refractivity contribution in [2.45, 2.75) is 4.90 Å². The van der Waals surface area contributed by atoms with Gasteiger partial charge < -0.3 is 19.0 Å². The highest BCUT2D eigenvalue weighted by Crippen LogP contribution is 2.32. The molecule has 8 nitrogen and oxygen atoms in total. The van der Waals surface area contributed by atoms with Gasteiger partial charge in [0, 0.05) is 9.26 Å². The van der Waals surface area contributed by atoms with Gasteiger partial charge in [0.2, 0.25) is 0 Å². The van der Waals surface area contributed by atoms with Gasteiger partial charge in [0.15, 0.2) is 11.5 Å². The maximum atomic E-state index is 12.6. The first kappa shape index (κ1) is 25.1. The third-order valence-electron chi connectivity index (χ3n) is 4.51. The lowest BCUT2D eigenvalue weighted by Crippen LogP contribution is -2.13. The van der Waals surface area contributed by atoms with E-state index >= 15 is 0 Å². The summed E-state index contributed by atoms with van der Waals surface area (Å²) >= 11 is 2.15. The van der Waals surface area contributed by atoms with Crippen LogP contribution in [0.5, 0.6) is 17.2 Å². The fraction of sp³-hybridized carbons (Fsp3) is 0.0833. The largest absolute Gasteiger partial charge is 0.497 e. The minimum Gasteiger partial charge on any atom is -0.497 e. The highest BCUT2D eigenvalue weighted by molar-refractivity contribution is 14.1. The van der Waals surface area contributed by atoms with Gasteiger partial charge in [0.1, 0.15) is 22.3 Å². The molecule has 0 aromatic heterocycles. The number of hydrogen-bond acceptors (Lipinski definition) is 7. The Morgan fingerprint density at radius 1 is 0.971 bits per heavy atom. The molecule has 0 atom stereocenters. The minimum atomic E-state index is -4.13. The van der Waals surface area contributed by atoms with Crippen LogP contribution in [0.3, 0.4) is 0 Å². The van der Waals surface area contributed by atoms with Gasteiger partial charge in [-0.05, 0) is 94.9 Å². The molecule has 1 N–H and O–H groups in total. The summed E-state index contributed by atoms with van der Waals surface area (Å²) in [6, 6.07) is 19.1. The monoisotopic (exact) mass is 590 g/mol. The van der Waals surface area contributed by atoms with E-state index in [1.165, 1.54) is 62.8 Å². The number of amides is 1. The van der Waals surface area contributed by atoms with Crippen LogP contribution in [0.25, 0.3) is 6.08 Å². The van der Waals surface area contributed by atoms with Gasteiger partial charge in [-0.25, -0.2) is 0 Å². The molecule has 0 unspecified atom stereocenters. The first-order chi connectivity index (χ1) is 16.2. The molecule has 10 heteroatoms. The molecule has 34 heavy (non-hydrogen) atoms. The quantitative estimate of drug-likeness (QED) is 0.176. The number of halogens is 1. The number of rotatable bonds is 8. The Morgan fingerprint density at radius 2 is 1.65 bits per heavy atom. The second-order valence-electron chi connectivity index (χ2n) is 6.75.